The summed E-state index contributed by atoms with van der Waals surface area (Å²) in [7, 11) is 0. The van der Waals surface area contributed by atoms with E-state index < -0.39 is 12.6 Å². The van der Waals surface area contributed by atoms with Crippen molar-refractivity contribution in [3.8, 4) is 11.5 Å². The van der Waals surface area contributed by atoms with E-state index in [1.807, 2.05) is 37.3 Å². The summed E-state index contributed by atoms with van der Waals surface area (Å²) in [4.78, 5) is 23.6. The van der Waals surface area contributed by atoms with Gasteiger partial charge in [0.1, 0.15) is 22.8 Å². The van der Waals surface area contributed by atoms with Crippen LogP contribution in [-0.2, 0) is 11.2 Å². The predicted octanol–water partition coefficient (Wildman–Crippen LogP) is 4.14. The number of allylic oxidation sites excluding steroid dienone is 1. The molecule has 0 saturated heterocycles. The van der Waals surface area contributed by atoms with Gasteiger partial charge in [-0.2, -0.15) is 0 Å². The second-order valence-corrected chi connectivity index (χ2v) is 6.72. The Kier molecular flexibility index (Phi) is 5.08. The van der Waals surface area contributed by atoms with E-state index in [0.717, 1.165) is 16.9 Å². The third kappa shape index (κ3) is 3.74. The molecule has 1 N–H and O–H groups in total. The highest BCUT2D eigenvalue weighted by Crippen LogP contribution is 2.36. The van der Waals surface area contributed by atoms with Gasteiger partial charge < -0.3 is 19.0 Å². The Balaban J connectivity index is 1.78. The molecule has 1 aromatic heterocycles. The molecule has 1 heterocycles. The minimum atomic E-state index is -1.07. The van der Waals surface area contributed by atoms with Crippen LogP contribution in [0.15, 0.2) is 51.7 Å². The minimum Gasteiger partial charge on any atom is -0.493 e. The molecule has 0 spiro atoms. The lowest BCUT2D eigenvalue weighted by Gasteiger charge is -2.09. The van der Waals surface area contributed by atoms with E-state index >= 15 is 0 Å². The number of carboxylic acid groups (broad SMARTS) is 1. The van der Waals surface area contributed by atoms with Crippen LogP contribution >= 0.6 is 0 Å². The summed E-state index contributed by atoms with van der Waals surface area (Å²) in [5.41, 5.74) is 2.84. The Morgan fingerprint density at radius 2 is 2.00 bits per heavy atom. The van der Waals surface area contributed by atoms with E-state index in [4.69, 9.17) is 19.0 Å². The van der Waals surface area contributed by atoms with Crippen LogP contribution in [0.5, 0.6) is 11.5 Å². The van der Waals surface area contributed by atoms with Crippen LogP contribution < -0.4 is 14.9 Å². The van der Waals surface area contributed by atoms with Gasteiger partial charge in [-0.05, 0) is 49.6 Å². The maximum atomic E-state index is 12.9. The van der Waals surface area contributed by atoms with Crippen molar-refractivity contribution in [1.82, 2.24) is 0 Å². The number of carboxylic acids is 1. The second-order valence-electron chi connectivity index (χ2n) is 6.72. The number of aliphatic carboxylic acids is 1. The van der Waals surface area contributed by atoms with Gasteiger partial charge in [-0.3, -0.25) is 4.79 Å². The monoisotopic (exact) mass is 392 g/mol. The number of benzene rings is 2. The number of para-hydroxylation sites is 1. The summed E-state index contributed by atoms with van der Waals surface area (Å²) in [5.74, 6) is 0.625. The van der Waals surface area contributed by atoms with Crippen molar-refractivity contribution in [2.45, 2.75) is 19.8 Å². The topological polar surface area (TPSA) is 86.0 Å². The van der Waals surface area contributed by atoms with E-state index in [1.54, 1.807) is 18.2 Å². The second kappa shape index (κ2) is 7.83. The molecule has 0 aliphatic heterocycles. The van der Waals surface area contributed by atoms with Gasteiger partial charge in [0.2, 0.25) is 0 Å². The van der Waals surface area contributed by atoms with Crippen molar-refractivity contribution in [2.24, 2.45) is 0 Å². The SMILES string of the molecule is CCOc1ccccc1/C=C1/CCc2c1oc1cc(OCC(=O)O)ccc1c2=O. The van der Waals surface area contributed by atoms with Crippen molar-refractivity contribution >= 4 is 28.6 Å². The maximum absolute atomic E-state index is 12.9. The van der Waals surface area contributed by atoms with Crippen LogP contribution in [-0.4, -0.2) is 24.3 Å². The van der Waals surface area contributed by atoms with Gasteiger partial charge in [-0.1, -0.05) is 18.2 Å². The zero-order valence-electron chi connectivity index (χ0n) is 15.9. The van der Waals surface area contributed by atoms with Crippen LogP contribution in [0, 0.1) is 0 Å². The third-order valence-electron chi connectivity index (χ3n) is 4.80. The quantitative estimate of drug-likeness (QED) is 0.678. The number of carbonyl (C=O) groups is 1. The fraction of sp³-hybridized carbons (Fsp3) is 0.217. The lowest BCUT2D eigenvalue weighted by atomic mass is 10.1. The summed E-state index contributed by atoms with van der Waals surface area (Å²) >= 11 is 0. The van der Waals surface area contributed by atoms with Gasteiger partial charge >= 0.3 is 5.97 Å². The molecule has 0 amide bonds. The Morgan fingerprint density at radius 3 is 2.79 bits per heavy atom. The first kappa shape index (κ1) is 18.8. The highest BCUT2D eigenvalue weighted by Gasteiger charge is 2.24. The van der Waals surface area contributed by atoms with Crippen LogP contribution in [0.1, 0.15) is 30.2 Å². The van der Waals surface area contributed by atoms with E-state index in [1.165, 1.54) is 0 Å². The van der Waals surface area contributed by atoms with E-state index in [2.05, 4.69) is 0 Å². The molecule has 4 rings (SSSR count). The molecule has 0 saturated carbocycles. The normalized spacial score (nSPS) is 14.2. The Morgan fingerprint density at radius 1 is 1.17 bits per heavy atom. The molecule has 0 fully saturated rings. The standard InChI is InChI=1S/C23H20O6/c1-2-27-19-6-4-3-5-14(19)11-15-7-9-18-22(26)17-10-8-16(28-13-21(24)25)12-20(17)29-23(15)18/h3-6,8,10-12H,2,7,9,13H2,1H3,(H,24,25)/b15-11-. The highest BCUT2D eigenvalue weighted by atomic mass is 16.5. The highest BCUT2D eigenvalue weighted by molar-refractivity contribution is 5.88. The summed E-state index contributed by atoms with van der Waals surface area (Å²) in [6.45, 7) is 2.04. The Hall–Kier alpha value is -3.54. The fourth-order valence-corrected chi connectivity index (χ4v) is 3.52. The van der Waals surface area contributed by atoms with Gasteiger partial charge in [-0.15, -0.1) is 0 Å². The molecule has 1 aliphatic rings. The van der Waals surface area contributed by atoms with Crippen molar-refractivity contribution in [3.63, 3.8) is 0 Å². The average Bonchev–Trinajstić information content (AvgIpc) is 3.11. The van der Waals surface area contributed by atoms with Gasteiger partial charge in [-0.25, -0.2) is 4.79 Å². The molecule has 0 atom stereocenters. The van der Waals surface area contributed by atoms with Gasteiger partial charge in [0.05, 0.1) is 12.0 Å². The van der Waals surface area contributed by atoms with Crippen LogP contribution in [0.3, 0.4) is 0 Å². The third-order valence-corrected chi connectivity index (χ3v) is 4.80. The Labute approximate surface area is 167 Å². The van der Waals surface area contributed by atoms with Gasteiger partial charge in [0, 0.05) is 17.2 Å². The molecule has 0 bridgehead atoms. The Bertz CT molecular complexity index is 1170. The molecule has 29 heavy (non-hydrogen) atoms. The first-order chi connectivity index (χ1) is 14.1. The fourth-order valence-electron chi connectivity index (χ4n) is 3.52. The number of hydrogen-bond acceptors (Lipinski definition) is 5. The van der Waals surface area contributed by atoms with Crippen LogP contribution in [0.2, 0.25) is 0 Å². The van der Waals surface area contributed by atoms with E-state index in [0.29, 0.717) is 47.5 Å². The molecule has 0 radical (unpaired) electrons. The lowest BCUT2D eigenvalue weighted by Crippen LogP contribution is -2.10. The van der Waals surface area contributed by atoms with Crippen molar-refractivity contribution in [3.05, 3.63) is 69.6 Å². The number of hydrogen-bond donors (Lipinski definition) is 1. The van der Waals surface area contributed by atoms with E-state index in [9.17, 15) is 9.59 Å². The number of rotatable bonds is 6. The van der Waals surface area contributed by atoms with Crippen molar-refractivity contribution in [2.75, 3.05) is 13.2 Å². The molecule has 3 aromatic rings. The van der Waals surface area contributed by atoms with Crippen molar-refractivity contribution in [1.29, 1.82) is 0 Å². The first-order valence-electron chi connectivity index (χ1n) is 9.44. The summed E-state index contributed by atoms with van der Waals surface area (Å²) in [5, 5.41) is 9.24. The smallest absolute Gasteiger partial charge is 0.341 e. The van der Waals surface area contributed by atoms with Crippen LogP contribution in [0.4, 0.5) is 0 Å². The first-order valence-corrected chi connectivity index (χ1v) is 9.44. The number of ether oxygens (including phenoxy) is 2. The zero-order valence-corrected chi connectivity index (χ0v) is 15.9. The number of fused-ring (bicyclic) bond motifs is 2. The average molecular weight is 392 g/mol. The van der Waals surface area contributed by atoms with Gasteiger partial charge in [0.15, 0.2) is 12.0 Å². The molecule has 2 aromatic carbocycles. The zero-order chi connectivity index (χ0) is 20.4. The van der Waals surface area contributed by atoms with E-state index in [-0.39, 0.29) is 5.43 Å². The summed E-state index contributed by atoms with van der Waals surface area (Å²) in [6.07, 6.45) is 3.32. The molecule has 0 unspecified atom stereocenters. The molecular formula is C23H20O6. The minimum absolute atomic E-state index is 0.0625. The molecule has 6 heteroatoms. The molecule has 1 aliphatic carbocycles. The molecule has 148 valence electrons. The largest absolute Gasteiger partial charge is 0.493 e. The van der Waals surface area contributed by atoms with Crippen molar-refractivity contribution < 1.29 is 23.8 Å². The molecular weight excluding hydrogens is 372 g/mol. The lowest BCUT2D eigenvalue weighted by molar-refractivity contribution is -0.139. The summed E-state index contributed by atoms with van der Waals surface area (Å²) in [6, 6.07) is 12.5. The van der Waals surface area contributed by atoms with Crippen LogP contribution in [0.25, 0.3) is 22.6 Å². The molecule has 6 nitrogen and oxygen atoms in total. The summed E-state index contributed by atoms with van der Waals surface area (Å²) < 4.78 is 17.0. The van der Waals surface area contributed by atoms with Gasteiger partial charge in [0.25, 0.3) is 0 Å². The predicted molar refractivity (Wildman–Crippen MR) is 109 cm³/mol. The maximum Gasteiger partial charge on any atom is 0.341 e.